The second kappa shape index (κ2) is 5.97. The standard InChI is InChI=1S/C15H15N3O2/c1-10-5-4-8-16-14(10)18-15(20)17-13-7-3-6-12(9-13)11(2)19/h3-9H,1-2H3,(H2,16,17,18,20). The van der Waals surface area contributed by atoms with Gasteiger partial charge in [-0.3, -0.25) is 10.1 Å². The topological polar surface area (TPSA) is 71.1 Å². The van der Waals surface area contributed by atoms with Crippen LogP contribution >= 0.6 is 0 Å². The molecule has 5 nitrogen and oxygen atoms in total. The fraction of sp³-hybridized carbons (Fsp3) is 0.133. The summed E-state index contributed by atoms with van der Waals surface area (Å²) in [5, 5.41) is 5.33. The van der Waals surface area contributed by atoms with E-state index in [-0.39, 0.29) is 5.78 Å². The summed E-state index contributed by atoms with van der Waals surface area (Å²) in [7, 11) is 0. The Morgan fingerprint density at radius 1 is 1.10 bits per heavy atom. The van der Waals surface area contributed by atoms with E-state index in [9.17, 15) is 9.59 Å². The third-order valence-corrected chi connectivity index (χ3v) is 2.77. The molecule has 2 aromatic rings. The molecule has 2 N–H and O–H groups in total. The maximum Gasteiger partial charge on any atom is 0.324 e. The van der Waals surface area contributed by atoms with Crippen molar-refractivity contribution in [2.24, 2.45) is 0 Å². The van der Waals surface area contributed by atoms with Gasteiger partial charge >= 0.3 is 6.03 Å². The Morgan fingerprint density at radius 3 is 2.60 bits per heavy atom. The van der Waals surface area contributed by atoms with Crippen LogP contribution in [0.15, 0.2) is 42.6 Å². The van der Waals surface area contributed by atoms with E-state index in [1.807, 2.05) is 13.0 Å². The lowest BCUT2D eigenvalue weighted by atomic mass is 10.1. The Bertz CT molecular complexity index is 653. The number of benzene rings is 1. The van der Waals surface area contributed by atoms with Crippen LogP contribution in [0.4, 0.5) is 16.3 Å². The van der Waals surface area contributed by atoms with E-state index < -0.39 is 6.03 Å². The van der Waals surface area contributed by atoms with Crippen LogP contribution in [-0.2, 0) is 0 Å². The monoisotopic (exact) mass is 269 g/mol. The molecule has 1 aromatic heterocycles. The maximum absolute atomic E-state index is 11.9. The van der Waals surface area contributed by atoms with Crippen LogP contribution in [0.25, 0.3) is 0 Å². The largest absolute Gasteiger partial charge is 0.324 e. The third kappa shape index (κ3) is 3.41. The minimum absolute atomic E-state index is 0.0466. The van der Waals surface area contributed by atoms with Crippen LogP contribution in [-0.4, -0.2) is 16.8 Å². The quantitative estimate of drug-likeness (QED) is 0.840. The Balaban J connectivity index is 2.07. The number of hydrogen-bond acceptors (Lipinski definition) is 3. The average Bonchev–Trinajstić information content (AvgIpc) is 2.41. The molecular weight excluding hydrogens is 254 g/mol. The second-order valence-electron chi connectivity index (χ2n) is 4.39. The van der Waals surface area contributed by atoms with Gasteiger partial charge in [0.05, 0.1) is 0 Å². The van der Waals surface area contributed by atoms with Gasteiger partial charge in [-0.05, 0) is 37.6 Å². The Hall–Kier alpha value is -2.69. The predicted molar refractivity (Wildman–Crippen MR) is 78.1 cm³/mol. The van der Waals surface area contributed by atoms with Gasteiger partial charge in [-0.1, -0.05) is 18.2 Å². The second-order valence-corrected chi connectivity index (χ2v) is 4.39. The number of aromatic nitrogens is 1. The van der Waals surface area contributed by atoms with E-state index in [0.29, 0.717) is 17.1 Å². The van der Waals surface area contributed by atoms with Crippen molar-refractivity contribution in [3.8, 4) is 0 Å². The predicted octanol–water partition coefficient (Wildman–Crippen LogP) is 3.24. The number of ketones is 1. The van der Waals surface area contributed by atoms with Crippen LogP contribution in [0.1, 0.15) is 22.8 Å². The summed E-state index contributed by atoms with van der Waals surface area (Å²) in [4.78, 5) is 27.2. The molecule has 0 aliphatic heterocycles. The van der Waals surface area contributed by atoms with Gasteiger partial charge in [-0.15, -0.1) is 0 Å². The molecule has 0 saturated heterocycles. The highest BCUT2D eigenvalue weighted by molar-refractivity contribution is 6.01. The molecule has 0 spiro atoms. The first kappa shape index (κ1) is 13.7. The van der Waals surface area contributed by atoms with Crippen molar-refractivity contribution in [2.45, 2.75) is 13.8 Å². The van der Waals surface area contributed by atoms with Crippen LogP contribution in [0.5, 0.6) is 0 Å². The van der Waals surface area contributed by atoms with Gasteiger partial charge in [0.2, 0.25) is 0 Å². The zero-order valence-electron chi connectivity index (χ0n) is 11.3. The molecule has 2 rings (SSSR count). The van der Waals surface area contributed by atoms with E-state index in [2.05, 4.69) is 15.6 Å². The first-order valence-corrected chi connectivity index (χ1v) is 6.17. The molecule has 0 radical (unpaired) electrons. The molecule has 20 heavy (non-hydrogen) atoms. The number of carbonyl (C=O) groups is 2. The number of amides is 2. The Morgan fingerprint density at radius 2 is 1.90 bits per heavy atom. The van der Waals surface area contributed by atoms with Crippen LogP contribution < -0.4 is 10.6 Å². The summed E-state index contributed by atoms with van der Waals surface area (Å²) in [5.41, 5.74) is 1.99. The molecule has 1 aromatic carbocycles. The molecule has 0 aliphatic rings. The molecule has 1 heterocycles. The number of anilines is 2. The summed E-state index contributed by atoms with van der Waals surface area (Å²) >= 11 is 0. The minimum Gasteiger partial charge on any atom is -0.308 e. The van der Waals surface area contributed by atoms with Crippen molar-refractivity contribution in [2.75, 3.05) is 10.6 Å². The molecular formula is C15H15N3O2. The lowest BCUT2D eigenvalue weighted by Crippen LogP contribution is -2.20. The van der Waals surface area contributed by atoms with Crippen LogP contribution in [0.2, 0.25) is 0 Å². The Labute approximate surface area is 117 Å². The van der Waals surface area contributed by atoms with Crippen molar-refractivity contribution in [3.63, 3.8) is 0 Å². The number of nitrogens with one attached hydrogen (secondary N) is 2. The highest BCUT2D eigenvalue weighted by Crippen LogP contribution is 2.13. The van der Waals surface area contributed by atoms with Crippen molar-refractivity contribution < 1.29 is 9.59 Å². The lowest BCUT2D eigenvalue weighted by molar-refractivity contribution is 0.101. The molecule has 0 aliphatic carbocycles. The van der Waals surface area contributed by atoms with Crippen molar-refractivity contribution in [1.82, 2.24) is 4.98 Å². The van der Waals surface area contributed by atoms with Gasteiger partial charge in [-0.25, -0.2) is 9.78 Å². The summed E-state index contributed by atoms with van der Waals surface area (Å²) in [6.07, 6.45) is 1.61. The lowest BCUT2D eigenvalue weighted by Gasteiger charge is -2.09. The van der Waals surface area contributed by atoms with Crippen molar-refractivity contribution in [1.29, 1.82) is 0 Å². The normalized spacial score (nSPS) is 9.90. The van der Waals surface area contributed by atoms with Gasteiger partial charge in [0.25, 0.3) is 0 Å². The van der Waals surface area contributed by atoms with Crippen molar-refractivity contribution >= 4 is 23.3 Å². The van der Waals surface area contributed by atoms with Gasteiger partial charge < -0.3 is 5.32 Å². The van der Waals surface area contributed by atoms with E-state index in [1.54, 1.807) is 36.5 Å². The minimum atomic E-state index is -0.396. The number of Topliss-reactive ketones (excluding diaryl/α,β-unsaturated/α-hetero) is 1. The number of nitrogens with zero attached hydrogens (tertiary/aromatic N) is 1. The fourth-order valence-corrected chi connectivity index (χ4v) is 1.70. The van der Waals surface area contributed by atoms with E-state index in [0.717, 1.165) is 5.56 Å². The molecule has 0 saturated carbocycles. The van der Waals surface area contributed by atoms with Gasteiger partial charge in [-0.2, -0.15) is 0 Å². The van der Waals surface area contributed by atoms with Crippen molar-refractivity contribution in [3.05, 3.63) is 53.7 Å². The summed E-state index contributed by atoms with van der Waals surface area (Å²) < 4.78 is 0. The molecule has 0 atom stereocenters. The first-order valence-electron chi connectivity index (χ1n) is 6.17. The zero-order valence-corrected chi connectivity index (χ0v) is 11.3. The molecule has 0 bridgehead atoms. The molecule has 5 heteroatoms. The highest BCUT2D eigenvalue weighted by atomic mass is 16.2. The molecule has 0 fully saturated rings. The van der Waals surface area contributed by atoms with Gasteiger partial charge in [0.1, 0.15) is 5.82 Å². The van der Waals surface area contributed by atoms with E-state index in [4.69, 9.17) is 0 Å². The van der Waals surface area contributed by atoms with Crippen LogP contribution in [0.3, 0.4) is 0 Å². The summed E-state index contributed by atoms with van der Waals surface area (Å²) in [6, 6.07) is 10.0. The zero-order chi connectivity index (χ0) is 14.5. The number of pyridine rings is 1. The van der Waals surface area contributed by atoms with Gasteiger partial charge in [0.15, 0.2) is 5.78 Å². The number of carbonyl (C=O) groups excluding carboxylic acids is 2. The average molecular weight is 269 g/mol. The van der Waals surface area contributed by atoms with E-state index in [1.165, 1.54) is 6.92 Å². The maximum atomic E-state index is 11.9. The first-order chi connectivity index (χ1) is 9.56. The fourth-order valence-electron chi connectivity index (χ4n) is 1.70. The summed E-state index contributed by atoms with van der Waals surface area (Å²) in [6.45, 7) is 3.34. The SMILES string of the molecule is CC(=O)c1cccc(NC(=O)Nc2ncccc2C)c1. The highest BCUT2D eigenvalue weighted by Gasteiger charge is 2.06. The molecule has 2 amide bonds. The number of rotatable bonds is 3. The van der Waals surface area contributed by atoms with Crippen LogP contribution in [0, 0.1) is 6.92 Å². The van der Waals surface area contributed by atoms with Gasteiger partial charge in [0, 0.05) is 17.4 Å². The molecule has 102 valence electrons. The number of hydrogen-bond donors (Lipinski definition) is 2. The molecule has 0 unspecified atom stereocenters. The smallest absolute Gasteiger partial charge is 0.308 e. The third-order valence-electron chi connectivity index (χ3n) is 2.77. The number of urea groups is 1. The number of aryl methyl sites for hydroxylation is 1. The summed E-state index contributed by atoms with van der Waals surface area (Å²) in [5.74, 6) is 0.461. The Kier molecular flexibility index (Phi) is 4.10. The van der Waals surface area contributed by atoms with E-state index >= 15 is 0 Å².